The van der Waals surface area contributed by atoms with Crippen molar-refractivity contribution < 1.29 is 9.47 Å². The lowest BCUT2D eigenvalue weighted by Gasteiger charge is -2.10. The molecule has 0 spiro atoms. The van der Waals surface area contributed by atoms with E-state index in [0.717, 1.165) is 18.0 Å². The van der Waals surface area contributed by atoms with E-state index in [1.54, 1.807) is 7.11 Å². The Morgan fingerprint density at radius 1 is 0.909 bits per heavy atom. The van der Waals surface area contributed by atoms with Gasteiger partial charge in [0.25, 0.3) is 0 Å². The van der Waals surface area contributed by atoms with Gasteiger partial charge in [0.2, 0.25) is 0 Å². The summed E-state index contributed by atoms with van der Waals surface area (Å²) in [6.45, 7) is 6.41. The van der Waals surface area contributed by atoms with Crippen LogP contribution in [0.15, 0.2) is 48.5 Å². The summed E-state index contributed by atoms with van der Waals surface area (Å²) in [5.41, 5.74) is 3.74. The number of nitrogens with one attached hydrogen (secondary N) is 1. The summed E-state index contributed by atoms with van der Waals surface area (Å²) in [7, 11) is 1.67. The number of benzene rings is 2. The lowest BCUT2D eigenvalue weighted by atomic mass is 10.0. The molecule has 0 heterocycles. The second kappa shape index (κ2) is 8.44. The molecule has 3 heteroatoms. The van der Waals surface area contributed by atoms with Gasteiger partial charge in [-0.15, -0.1) is 0 Å². The molecule has 0 aliphatic carbocycles. The number of ether oxygens (including phenoxy) is 2. The van der Waals surface area contributed by atoms with E-state index in [2.05, 4.69) is 55.6 Å². The Bertz CT molecular complexity index is 547. The summed E-state index contributed by atoms with van der Waals surface area (Å²) >= 11 is 0. The molecular formula is C19H25NO2. The highest BCUT2D eigenvalue weighted by Gasteiger charge is 2.00. The van der Waals surface area contributed by atoms with E-state index in [9.17, 15) is 0 Å². The van der Waals surface area contributed by atoms with Crippen molar-refractivity contribution in [1.29, 1.82) is 0 Å². The topological polar surface area (TPSA) is 30.5 Å². The molecule has 0 amide bonds. The molecule has 0 radical (unpaired) electrons. The van der Waals surface area contributed by atoms with Crippen molar-refractivity contribution in [2.24, 2.45) is 0 Å². The average molecular weight is 299 g/mol. The predicted molar refractivity (Wildman–Crippen MR) is 91.7 cm³/mol. The number of anilines is 1. The van der Waals surface area contributed by atoms with Gasteiger partial charge in [-0.3, -0.25) is 0 Å². The van der Waals surface area contributed by atoms with Crippen molar-refractivity contribution in [2.45, 2.75) is 26.3 Å². The first-order valence-corrected chi connectivity index (χ1v) is 7.73. The zero-order chi connectivity index (χ0) is 15.8. The van der Waals surface area contributed by atoms with Crippen LogP contribution < -0.4 is 10.1 Å². The van der Waals surface area contributed by atoms with Gasteiger partial charge in [-0.25, -0.2) is 0 Å². The Morgan fingerprint density at radius 2 is 1.59 bits per heavy atom. The minimum Gasteiger partial charge on any atom is -0.491 e. The van der Waals surface area contributed by atoms with E-state index >= 15 is 0 Å². The lowest BCUT2D eigenvalue weighted by molar-refractivity contribution is 0.146. The Labute approximate surface area is 133 Å². The third-order valence-corrected chi connectivity index (χ3v) is 3.55. The molecule has 2 rings (SSSR count). The fourth-order valence-electron chi connectivity index (χ4n) is 2.14. The quantitative estimate of drug-likeness (QED) is 0.731. The monoisotopic (exact) mass is 299 g/mol. The van der Waals surface area contributed by atoms with Crippen LogP contribution in [0.2, 0.25) is 0 Å². The number of hydrogen-bond donors (Lipinski definition) is 1. The molecule has 118 valence electrons. The molecule has 0 atom stereocenters. The van der Waals surface area contributed by atoms with Crippen LogP contribution in [0.4, 0.5) is 5.69 Å². The van der Waals surface area contributed by atoms with Gasteiger partial charge in [0, 0.05) is 19.3 Å². The van der Waals surface area contributed by atoms with Gasteiger partial charge in [0.05, 0.1) is 6.61 Å². The maximum absolute atomic E-state index is 5.55. The first-order chi connectivity index (χ1) is 10.7. The van der Waals surface area contributed by atoms with Crippen molar-refractivity contribution in [3.05, 3.63) is 59.7 Å². The van der Waals surface area contributed by atoms with Crippen LogP contribution in [0.5, 0.6) is 5.75 Å². The van der Waals surface area contributed by atoms with Crippen molar-refractivity contribution in [2.75, 3.05) is 25.6 Å². The molecule has 0 bridgehead atoms. The van der Waals surface area contributed by atoms with E-state index in [-0.39, 0.29) is 0 Å². The summed E-state index contributed by atoms with van der Waals surface area (Å²) in [6.07, 6.45) is 0. The largest absolute Gasteiger partial charge is 0.491 e. The second-order valence-electron chi connectivity index (χ2n) is 5.62. The summed E-state index contributed by atoms with van der Waals surface area (Å²) < 4.78 is 10.5. The molecule has 0 aliphatic rings. The van der Waals surface area contributed by atoms with Gasteiger partial charge < -0.3 is 14.8 Å². The zero-order valence-corrected chi connectivity index (χ0v) is 13.6. The molecule has 0 fully saturated rings. The van der Waals surface area contributed by atoms with Gasteiger partial charge in [-0.2, -0.15) is 0 Å². The van der Waals surface area contributed by atoms with Crippen LogP contribution in [-0.2, 0) is 11.3 Å². The van der Waals surface area contributed by atoms with Crippen LogP contribution >= 0.6 is 0 Å². The normalized spacial score (nSPS) is 10.7. The van der Waals surface area contributed by atoms with Gasteiger partial charge in [0.15, 0.2) is 0 Å². The van der Waals surface area contributed by atoms with Gasteiger partial charge >= 0.3 is 0 Å². The smallest absolute Gasteiger partial charge is 0.119 e. The van der Waals surface area contributed by atoms with Crippen molar-refractivity contribution >= 4 is 5.69 Å². The van der Waals surface area contributed by atoms with Crippen LogP contribution in [0.25, 0.3) is 0 Å². The highest BCUT2D eigenvalue weighted by atomic mass is 16.5. The number of methoxy groups -OCH3 is 1. The number of rotatable bonds is 8. The van der Waals surface area contributed by atoms with E-state index in [4.69, 9.17) is 9.47 Å². The predicted octanol–water partition coefficient (Wildman–Crippen LogP) is 4.45. The Balaban J connectivity index is 1.83. The van der Waals surface area contributed by atoms with Crippen molar-refractivity contribution in [3.63, 3.8) is 0 Å². The molecule has 3 nitrogen and oxygen atoms in total. The number of hydrogen-bond acceptors (Lipinski definition) is 3. The van der Waals surface area contributed by atoms with Gasteiger partial charge in [0.1, 0.15) is 12.4 Å². The van der Waals surface area contributed by atoms with Crippen LogP contribution in [0.3, 0.4) is 0 Å². The van der Waals surface area contributed by atoms with E-state index in [1.165, 1.54) is 11.1 Å². The third-order valence-electron chi connectivity index (χ3n) is 3.55. The molecule has 2 aromatic rings. The van der Waals surface area contributed by atoms with E-state index in [1.807, 2.05) is 12.1 Å². The molecule has 2 aromatic carbocycles. The fourth-order valence-corrected chi connectivity index (χ4v) is 2.14. The van der Waals surface area contributed by atoms with Gasteiger partial charge in [-0.1, -0.05) is 38.1 Å². The molecule has 1 N–H and O–H groups in total. The van der Waals surface area contributed by atoms with Crippen LogP contribution in [0.1, 0.15) is 30.9 Å². The third kappa shape index (κ3) is 5.08. The highest BCUT2D eigenvalue weighted by Crippen LogP contribution is 2.18. The lowest BCUT2D eigenvalue weighted by Crippen LogP contribution is -2.04. The zero-order valence-electron chi connectivity index (χ0n) is 13.6. The molecule has 0 aliphatic heterocycles. The van der Waals surface area contributed by atoms with Crippen LogP contribution in [0, 0.1) is 0 Å². The van der Waals surface area contributed by atoms with Gasteiger partial charge in [-0.05, 0) is 41.3 Å². The minimum absolute atomic E-state index is 0.569. The maximum Gasteiger partial charge on any atom is 0.119 e. The highest BCUT2D eigenvalue weighted by molar-refractivity contribution is 5.45. The molecular weight excluding hydrogens is 274 g/mol. The summed E-state index contributed by atoms with van der Waals surface area (Å²) in [4.78, 5) is 0. The second-order valence-corrected chi connectivity index (χ2v) is 5.62. The minimum atomic E-state index is 0.569. The Hall–Kier alpha value is -2.00. The Morgan fingerprint density at radius 3 is 2.18 bits per heavy atom. The molecule has 0 aromatic heterocycles. The molecule has 0 unspecified atom stereocenters. The summed E-state index contributed by atoms with van der Waals surface area (Å²) in [5.74, 6) is 1.45. The molecule has 0 saturated heterocycles. The standard InChI is InChI=1S/C19H25NO2/c1-15(2)17-6-8-18(9-7-17)20-14-16-4-10-19(11-5-16)22-13-12-21-3/h4-11,15,20H,12-14H2,1-3H3. The molecule has 0 saturated carbocycles. The van der Waals surface area contributed by atoms with E-state index < -0.39 is 0 Å². The van der Waals surface area contributed by atoms with Crippen molar-refractivity contribution in [1.82, 2.24) is 0 Å². The average Bonchev–Trinajstić information content (AvgIpc) is 2.55. The molecule has 22 heavy (non-hydrogen) atoms. The first kappa shape index (κ1) is 16.4. The SMILES string of the molecule is COCCOc1ccc(CNc2ccc(C(C)C)cc2)cc1. The summed E-state index contributed by atoms with van der Waals surface area (Å²) in [6, 6.07) is 16.8. The maximum atomic E-state index is 5.55. The fraction of sp³-hybridized carbons (Fsp3) is 0.368. The Kier molecular flexibility index (Phi) is 6.28. The van der Waals surface area contributed by atoms with E-state index in [0.29, 0.717) is 19.1 Å². The summed E-state index contributed by atoms with van der Waals surface area (Å²) in [5, 5.41) is 3.44. The van der Waals surface area contributed by atoms with Crippen LogP contribution in [-0.4, -0.2) is 20.3 Å². The first-order valence-electron chi connectivity index (χ1n) is 7.73. The van der Waals surface area contributed by atoms with Crippen molar-refractivity contribution in [3.8, 4) is 5.75 Å².